The largest absolute Gasteiger partial charge is 0.472 e. The van der Waals surface area contributed by atoms with E-state index in [0.29, 0.717) is 32.1 Å². The lowest BCUT2D eigenvalue weighted by Gasteiger charge is -2.21. The molecule has 0 spiro atoms. The van der Waals surface area contributed by atoms with Crippen LogP contribution in [0.3, 0.4) is 0 Å². The second-order valence-electron chi connectivity index (χ2n) is 26.6. The molecule has 0 aromatic heterocycles. The molecule has 0 saturated carbocycles. The number of carbonyl (C=O) groups is 4. The summed E-state index contributed by atoms with van der Waals surface area (Å²) in [6.07, 6.45) is 90.8. The normalized spacial score (nSPS) is 14.7. The van der Waals surface area contributed by atoms with Crippen molar-refractivity contribution in [3.8, 4) is 0 Å². The SMILES string of the molecule is CC/C=C\C/C=C\C/C=C\C/C=C\CCCCCCCCC(=O)OCC(COP(=O)(O)OCC(O)COP(=O)(O)OCC(COC(=O)CCCCCC/C=C\C/C=C\C/C=C\C/C=C\CC)OC(=O)CCCC/C=C\C/C=C\C/C=C\C/C=C\CC)OC(=O)CCCCCCC/C=C\CCCCCCCC. The van der Waals surface area contributed by atoms with Crippen LogP contribution in [-0.2, 0) is 65.4 Å². The van der Waals surface area contributed by atoms with Gasteiger partial charge < -0.3 is 33.8 Å². The summed E-state index contributed by atoms with van der Waals surface area (Å²) in [6, 6.07) is 0. The summed E-state index contributed by atoms with van der Waals surface area (Å²) < 4.78 is 68.6. The first-order chi connectivity index (χ1) is 51.7. The van der Waals surface area contributed by atoms with Crippen molar-refractivity contribution in [1.82, 2.24) is 0 Å². The van der Waals surface area contributed by atoms with Crippen molar-refractivity contribution in [3.63, 3.8) is 0 Å². The van der Waals surface area contributed by atoms with Crippen molar-refractivity contribution in [2.75, 3.05) is 39.6 Å². The Balaban J connectivity index is 5.44. The van der Waals surface area contributed by atoms with Crippen molar-refractivity contribution < 1.29 is 80.2 Å². The molecule has 0 aliphatic heterocycles. The standard InChI is InChI=1S/C87H144O17P2/c1-5-9-13-17-21-25-29-33-37-39-40-42-46-48-52-56-60-64-68-72-85(90)98-78-83(104-87(92)74-70-66-62-58-54-50-44-36-32-28-24-20-16-12-8-4)80-102-106(95,96)100-76-81(88)75-99-105(93,94)101-79-82(103-86(91)73-69-65-61-57-53-49-43-35-31-27-23-19-15-11-7-3)77-97-84(89)71-67-63-59-55-51-47-45-41-38-34-30-26-22-18-14-10-6-2/h9-11,13-15,21-23,25-27,33-38,40,42-45,47,53,57,81-83,88H,5-8,12,16-20,24,28-32,39,41,46,48-52,54-56,58-80H2,1-4H3,(H,93,94)(H,95,96)/b13-9-,14-10-,15-11-,25-21-,26-22-,27-23-,37-33-,38-34-,42-40-,43-35-,44-36-,47-45-,57-53-. The molecule has 0 radical (unpaired) electrons. The van der Waals surface area contributed by atoms with Crippen molar-refractivity contribution in [2.45, 2.75) is 329 Å². The second kappa shape index (κ2) is 77.8. The Labute approximate surface area is 642 Å². The molecule has 19 heteroatoms. The lowest BCUT2D eigenvalue weighted by molar-refractivity contribution is -0.161. The van der Waals surface area contributed by atoms with Crippen molar-refractivity contribution in [1.29, 1.82) is 0 Å². The van der Waals surface area contributed by atoms with Gasteiger partial charge in [0.25, 0.3) is 0 Å². The first-order valence-corrected chi connectivity index (χ1v) is 43.7. The van der Waals surface area contributed by atoms with Crippen LogP contribution in [0.15, 0.2) is 158 Å². The van der Waals surface area contributed by atoms with Gasteiger partial charge >= 0.3 is 39.5 Å². The molecular weight excluding hydrogens is 1380 g/mol. The number of aliphatic hydroxyl groups is 1. The maximum absolute atomic E-state index is 13.1. The van der Waals surface area contributed by atoms with Crippen LogP contribution in [0.25, 0.3) is 0 Å². The average molecular weight is 1520 g/mol. The van der Waals surface area contributed by atoms with Gasteiger partial charge in [0.2, 0.25) is 0 Å². The van der Waals surface area contributed by atoms with Gasteiger partial charge in [-0.15, -0.1) is 0 Å². The monoisotopic (exact) mass is 1520 g/mol. The smallest absolute Gasteiger partial charge is 0.462 e. The molecule has 3 N–H and O–H groups in total. The van der Waals surface area contributed by atoms with Gasteiger partial charge in [-0.05, 0) is 167 Å². The van der Waals surface area contributed by atoms with Crippen LogP contribution in [0.1, 0.15) is 310 Å². The summed E-state index contributed by atoms with van der Waals surface area (Å²) in [7, 11) is -10.00. The van der Waals surface area contributed by atoms with E-state index in [1.807, 2.05) is 0 Å². The number of carbonyl (C=O) groups excluding carboxylic acids is 4. The number of hydrogen-bond acceptors (Lipinski definition) is 15. The molecule has 0 bridgehead atoms. The zero-order valence-electron chi connectivity index (χ0n) is 66.1. The lowest BCUT2D eigenvalue weighted by atomic mass is 10.1. The van der Waals surface area contributed by atoms with E-state index < -0.39 is 97.5 Å². The van der Waals surface area contributed by atoms with Crippen molar-refractivity contribution in [2.24, 2.45) is 0 Å². The Morgan fingerprint density at radius 2 is 0.491 bits per heavy atom. The third-order valence-electron chi connectivity index (χ3n) is 16.5. The first kappa shape index (κ1) is 101. The molecule has 0 amide bonds. The number of hydrogen-bond donors (Lipinski definition) is 3. The van der Waals surface area contributed by atoms with Crippen LogP contribution in [0.4, 0.5) is 0 Å². The van der Waals surface area contributed by atoms with Gasteiger partial charge in [0.05, 0.1) is 26.4 Å². The van der Waals surface area contributed by atoms with E-state index in [9.17, 15) is 43.2 Å². The third kappa shape index (κ3) is 76.9. The molecule has 106 heavy (non-hydrogen) atoms. The number of phosphoric acid groups is 2. The molecule has 604 valence electrons. The summed E-state index contributed by atoms with van der Waals surface area (Å²) >= 11 is 0. The fourth-order valence-corrected chi connectivity index (χ4v) is 11.9. The van der Waals surface area contributed by atoms with E-state index in [2.05, 4.69) is 186 Å². The number of aliphatic hydroxyl groups excluding tert-OH is 1. The highest BCUT2D eigenvalue weighted by atomic mass is 31.2. The van der Waals surface area contributed by atoms with E-state index in [-0.39, 0.29) is 25.7 Å². The van der Waals surface area contributed by atoms with Gasteiger partial charge in [-0.2, -0.15) is 0 Å². The lowest BCUT2D eigenvalue weighted by Crippen LogP contribution is -2.30. The third-order valence-corrected chi connectivity index (χ3v) is 18.4. The maximum Gasteiger partial charge on any atom is 0.472 e. The highest BCUT2D eigenvalue weighted by Crippen LogP contribution is 2.45. The van der Waals surface area contributed by atoms with Gasteiger partial charge in [0.15, 0.2) is 12.2 Å². The van der Waals surface area contributed by atoms with Crippen LogP contribution >= 0.6 is 15.6 Å². The van der Waals surface area contributed by atoms with E-state index in [1.165, 1.54) is 38.5 Å². The molecule has 0 heterocycles. The molecule has 0 aromatic rings. The zero-order valence-corrected chi connectivity index (χ0v) is 67.8. The second-order valence-corrected chi connectivity index (χ2v) is 29.5. The molecule has 0 aromatic carbocycles. The Kier molecular flexibility index (Phi) is 73.9. The number of allylic oxidation sites excluding steroid dienone is 26. The number of esters is 4. The molecular formula is C87H144O17P2. The zero-order chi connectivity index (χ0) is 77.4. The van der Waals surface area contributed by atoms with Crippen LogP contribution < -0.4 is 0 Å². The fourth-order valence-electron chi connectivity index (χ4n) is 10.4. The Morgan fingerprint density at radius 3 is 0.783 bits per heavy atom. The molecule has 0 aliphatic rings. The summed E-state index contributed by atoms with van der Waals surface area (Å²) in [5.41, 5.74) is 0. The predicted molar refractivity (Wildman–Crippen MR) is 436 cm³/mol. The van der Waals surface area contributed by atoms with Crippen LogP contribution in [0, 0.1) is 0 Å². The topological polar surface area (TPSA) is 237 Å². The van der Waals surface area contributed by atoms with Crippen molar-refractivity contribution in [3.05, 3.63) is 158 Å². The number of rotatable bonds is 75. The van der Waals surface area contributed by atoms with Gasteiger partial charge in [-0.1, -0.05) is 276 Å². The molecule has 17 nitrogen and oxygen atoms in total. The highest BCUT2D eigenvalue weighted by molar-refractivity contribution is 7.47. The molecule has 5 unspecified atom stereocenters. The van der Waals surface area contributed by atoms with Gasteiger partial charge in [-0.25, -0.2) is 9.13 Å². The fraction of sp³-hybridized carbons (Fsp3) is 0.655. The van der Waals surface area contributed by atoms with Gasteiger partial charge in [0.1, 0.15) is 19.3 Å². The number of unbranched alkanes of at least 4 members (excludes halogenated alkanes) is 23. The van der Waals surface area contributed by atoms with Crippen LogP contribution in [0.5, 0.6) is 0 Å². The summed E-state index contributed by atoms with van der Waals surface area (Å²) in [6.45, 7) is 4.43. The molecule has 0 fully saturated rings. The van der Waals surface area contributed by atoms with Gasteiger partial charge in [0, 0.05) is 25.7 Å². The Bertz CT molecular complexity index is 2630. The van der Waals surface area contributed by atoms with Crippen molar-refractivity contribution >= 4 is 39.5 Å². The van der Waals surface area contributed by atoms with Crippen LogP contribution in [0.2, 0.25) is 0 Å². The molecule has 0 rings (SSSR count). The Hall–Kier alpha value is -5.32. The van der Waals surface area contributed by atoms with Crippen LogP contribution in [-0.4, -0.2) is 96.7 Å². The minimum atomic E-state index is -5.00. The van der Waals surface area contributed by atoms with E-state index in [4.69, 9.17) is 37.0 Å². The minimum absolute atomic E-state index is 0.0318. The number of phosphoric ester groups is 2. The molecule has 0 aliphatic carbocycles. The first-order valence-electron chi connectivity index (χ1n) is 40.7. The van der Waals surface area contributed by atoms with E-state index in [1.54, 1.807) is 0 Å². The minimum Gasteiger partial charge on any atom is -0.462 e. The van der Waals surface area contributed by atoms with Gasteiger partial charge in [-0.3, -0.25) is 37.3 Å². The number of ether oxygens (including phenoxy) is 4. The summed E-state index contributed by atoms with van der Waals surface area (Å²) in [5.74, 6) is -2.28. The van der Waals surface area contributed by atoms with E-state index in [0.717, 1.165) is 186 Å². The predicted octanol–water partition coefficient (Wildman–Crippen LogP) is 24.0. The summed E-state index contributed by atoms with van der Waals surface area (Å²) in [4.78, 5) is 73.1. The molecule has 0 saturated heterocycles. The Morgan fingerprint density at radius 1 is 0.274 bits per heavy atom. The summed E-state index contributed by atoms with van der Waals surface area (Å²) in [5, 5.41) is 10.7. The highest BCUT2D eigenvalue weighted by Gasteiger charge is 2.30. The average Bonchev–Trinajstić information content (AvgIpc) is 0.909. The molecule has 5 atom stereocenters. The maximum atomic E-state index is 13.1. The quantitative estimate of drug-likeness (QED) is 0.0169. The van der Waals surface area contributed by atoms with E-state index >= 15 is 0 Å².